The van der Waals surface area contributed by atoms with E-state index >= 15 is 0 Å². The van der Waals surface area contributed by atoms with E-state index in [1.807, 2.05) is 30.5 Å². The average molecular weight is 846 g/mol. The number of nitrogens with zero attached hydrogens (tertiary/aromatic N) is 9. The van der Waals surface area contributed by atoms with Crippen molar-refractivity contribution in [3.63, 3.8) is 0 Å². The largest absolute Gasteiger partial charge is 0.490 e. The summed E-state index contributed by atoms with van der Waals surface area (Å²) >= 11 is 0. The second-order valence-electron chi connectivity index (χ2n) is 16.5. The average Bonchev–Trinajstić information content (AvgIpc) is 3.94. The molecule has 0 radical (unpaired) electrons. The standard InChI is InChI=1S/C39H45N11O4.C2HF3O2/c1-45(2)36(53)30-19-24-20-41-37(44-34(24)49(30)25-7-4-5-8-25)42-31-13-11-26(21-40-31)47-17-15-39(16-18-47)22-48(23-39)27-9-6-10-28-33(27)46(3)38(54)50(28)29-12-14-32(51)43-35(29)52;3-2(4,5)1(6)7/h6,9-11,13,19-21,25,29H,4-5,7-8,12,14-18,22-23H2,1-3H3,(H,43,51,52)(H,40,41,42,44);(H,6,7)/t29-;/m0./s1. The number of pyridine rings is 1. The first-order valence-corrected chi connectivity index (χ1v) is 20.2. The number of nitrogens with one attached hydrogen (secondary N) is 2. The van der Waals surface area contributed by atoms with Gasteiger partial charge in [0.05, 0.1) is 28.6 Å². The van der Waals surface area contributed by atoms with Gasteiger partial charge in [0.2, 0.25) is 17.8 Å². The summed E-state index contributed by atoms with van der Waals surface area (Å²) in [6.07, 6.45) is 5.57. The highest BCUT2D eigenvalue weighted by molar-refractivity contribution is 6.01. The van der Waals surface area contributed by atoms with Crippen LogP contribution in [-0.2, 0) is 21.4 Å². The Morgan fingerprint density at radius 3 is 2.28 bits per heavy atom. The predicted molar refractivity (Wildman–Crippen MR) is 219 cm³/mol. The van der Waals surface area contributed by atoms with Crippen LogP contribution in [0.2, 0.25) is 0 Å². The number of piperidine rings is 2. The SMILES string of the molecule is CN(C)C(=O)c1cc2cnc(Nc3ccc(N4CCC5(CC4)CN(c4cccc6c4n(C)c(=O)n6[C@H]4CCC(=O)NC4=O)C5)cn3)nc2n1C1CCCC1.O=C(O)C(F)(F)F. The van der Waals surface area contributed by atoms with Crippen LogP contribution in [0.3, 0.4) is 0 Å². The van der Waals surface area contributed by atoms with E-state index in [2.05, 4.69) is 42.1 Å². The third-order valence-electron chi connectivity index (χ3n) is 12.3. The second-order valence-corrected chi connectivity index (χ2v) is 16.5. The molecule has 1 saturated carbocycles. The molecule has 17 nitrogen and oxygen atoms in total. The molecule has 1 atom stereocenters. The Hall–Kier alpha value is -6.47. The molecule has 9 rings (SSSR count). The van der Waals surface area contributed by atoms with Gasteiger partial charge in [-0.2, -0.15) is 18.2 Å². The fraction of sp³-hybridized carbons (Fsp3) is 0.463. The number of carboxylic acids is 1. The number of hydrogen-bond donors (Lipinski definition) is 3. The van der Waals surface area contributed by atoms with Gasteiger partial charge in [-0.15, -0.1) is 0 Å². The zero-order chi connectivity index (χ0) is 43.4. The number of amides is 3. The lowest BCUT2D eigenvalue weighted by Gasteiger charge is -2.55. The summed E-state index contributed by atoms with van der Waals surface area (Å²) in [5, 5.41) is 13.6. The molecule has 4 aliphatic rings. The van der Waals surface area contributed by atoms with E-state index in [1.54, 1.807) is 41.4 Å². The molecular formula is C41H46F3N11O6. The summed E-state index contributed by atoms with van der Waals surface area (Å²) in [4.78, 5) is 80.4. The summed E-state index contributed by atoms with van der Waals surface area (Å²) < 4.78 is 37.0. The minimum absolute atomic E-state index is 0.0325. The van der Waals surface area contributed by atoms with Gasteiger partial charge in [0.1, 0.15) is 23.2 Å². The van der Waals surface area contributed by atoms with E-state index in [0.717, 1.165) is 92.6 Å². The molecule has 20 heteroatoms. The lowest BCUT2D eigenvalue weighted by atomic mass is 9.71. The van der Waals surface area contributed by atoms with Crippen LogP contribution in [-0.4, -0.2) is 109 Å². The predicted octanol–water partition coefficient (Wildman–Crippen LogP) is 4.76. The molecule has 7 heterocycles. The summed E-state index contributed by atoms with van der Waals surface area (Å²) in [5.41, 5.74) is 4.96. The van der Waals surface area contributed by atoms with Crippen molar-refractivity contribution in [1.82, 2.24) is 38.9 Å². The number of imide groups is 1. The monoisotopic (exact) mass is 845 g/mol. The van der Waals surface area contributed by atoms with Gasteiger partial charge < -0.3 is 29.7 Å². The van der Waals surface area contributed by atoms with Crippen LogP contribution in [0.1, 0.15) is 73.9 Å². The Kier molecular flexibility index (Phi) is 10.7. The highest BCUT2D eigenvalue weighted by Crippen LogP contribution is 2.45. The van der Waals surface area contributed by atoms with Crippen LogP contribution >= 0.6 is 0 Å². The van der Waals surface area contributed by atoms with E-state index in [-0.39, 0.29) is 35.4 Å². The van der Waals surface area contributed by atoms with Crippen LogP contribution < -0.4 is 26.1 Å². The molecule has 3 aliphatic heterocycles. The number of rotatable bonds is 7. The molecule has 1 aromatic carbocycles. The number of alkyl halides is 3. The Morgan fingerprint density at radius 2 is 1.66 bits per heavy atom. The molecule has 1 spiro atoms. The fourth-order valence-electron chi connectivity index (χ4n) is 9.15. The first-order valence-electron chi connectivity index (χ1n) is 20.2. The topological polar surface area (TPSA) is 193 Å². The normalized spacial score (nSPS) is 19.1. The number of fused-ring (bicyclic) bond motifs is 2. The molecule has 3 N–H and O–H groups in total. The Labute approximate surface area is 347 Å². The molecule has 3 saturated heterocycles. The van der Waals surface area contributed by atoms with Crippen molar-refractivity contribution in [2.45, 2.75) is 69.6 Å². The summed E-state index contributed by atoms with van der Waals surface area (Å²) in [5.74, 6) is -2.41. The maximum Gasteiger partial charge on any atom is 0.490 e. The van der Waals surface area contributed by atoms with Gasteiger partial charge in [0.15, 0.2) is 0 Å². The highest BCUT2D eigenvalue weighted by atomic mass is 19.4. The van der Waals surface area contributed by atoms with Crippen molar-refractivity contribution in [3.05, 3.63) is 65.0 Å². The van der Waals surface area contributed by atoms with E-state index in [1.165, 1.54) is 0 Å². The van der Waals surface area contributed by atoms with Gasteiger partial charge in [0.25, 0.3) is 5.91 Å². The number of aliphatic carboxylic acids is 1. The van der Waals surface area contributed by atoms with Gasteiger partial charge >= 0.3 is 17.8 Å². The molecule has 61 heavy (non-hydrogen) atoms. The molecule has 4 aromatic heterocycles. The Bertz CT molecular complexity index is 2580. The Morgan fingerprint density at radius 1 is 0.951 bits per heavy atom. The number of para-hydroxylation sites is 1. The van der Waals surface area contributed by atoms with Crippen molar-refractivity contribution < 1.29 is 37.5 Å². The van der Waals surface area contributed by atoms with Crippen LogP contribution in [0.25, 0.3) is 22.1 Å². The fourth-order valence-corrected chi connectivity index (χ4v) is 9.15. The highest BCUT2D eigenvalue weighted by Gasteiger charge is 2.46. The quantitative estimate of drug-likeness (QED) is 0.191. The van der Waals surface area contributed by atoms with E-state index in [9.17, 15) is 32.3 Å². The lowest BCUT2D eigenvalue weighted by Crippen LogP contribution is -2.60. The zero-order valence-electron chi connectivity index (χ0n) is 33.9. The van der Waals surface area contributed by atoms with Crippen molar-refractivity contribution in [1.29, 1.82) is 0 Å². The maximum absolute atomic E-state index is 13.4. The number of carbonyl (C=O) groups is 4. The van der Waals surface area contributed by atoms with Gasteiger partial charge in [-0.05, 0) is 62.4 Å². The van der Waals surface area contributed by atoms with Gasteiger partial charge in [-0.25, -0.2) is 19.6 Å². The third kappa shape index (κ3) is 7.85. The number of aryl methyl sites for hydroxylation is 1. The number of benzene rings is 1. The smallest absolute Gasteiger partial charge is 0.475 e. The first kappa shape index (κ1) is 41.3. The van der Waals surface area contributed by atoms with Gasteiger partial charge in [0, 0.05) is 76.8 Å². The summed E-state index contributed by atoms with van der Waals surface area (Å²) in [6, 6.07) is 11.4. The number of anilines is 4. The molecule has 0 bridgehead atoms. The van der Waals surface area contributed by atoms with Crippen molar-refractivity contribution in [2.75, 3.05) is 55.4 Å². The molecule has 322 valence electrons. The number of hydrogen-bond acceptors (Lipinski definition) is 11. The van der Waals surface area contributed by atoms with Crippen LogP contribution in [0, 0.1) is 5.41 Å². The number of aromatic nitrogens is 6. The van der Waals surface area contributed by atoms with E-state index in [0.29, 0.717) is 29.4 Å². The number of halogens is 3. The molecule has 4 fully saturated rings. The van der Waals surface area contributed by atoms with Crippen LogP contribution in [0.4, 0.5) is 36.3 Å². The first-order chi connectivity index (χ1) is 29.0. The van der Waals surface area contributed by atoms with Gasteiger partial charge in [-0.1, -0.05) is 18.9 Å². The number of carboxylic acid groups (broad SMARTS) is 1. The molecule has 5 aromatic rings. The van der Waals surface area contributed by atoms with Crippen LogP contribution in [0.15, 0.2) is 53.6 Å². The van der Waals surface area contributed by atoms with E-state index < -0.39 is 24.1 Å². The van der Waals surface area contributed by atoms with Crippen LogP contribution in [0.5, 0.6) is 0 Å². The third-order valence-corrected chi connectivity index (χ3v) is 12.3. The molecule has 3 amide bonds. The van der Waals surface area contributed by atoms with Crippen molar-refractivity contribution in [2.24, 2.45) is 12.5 Å². The molecular weight excluding hydrogens is 800 g/mol. The minimum atomic E-state index is -5.08. The summed E-state index contributed by atoms with van der Waals surface area (Å²) in [6.45, 7) is 3.64. The lowest BCUT2D eigenvalue weighted by molar-refractivity contribution is -0.192. The molecule has 0 unspecified atom stereocenters. The van der Waals surface area contributed by atoms with E-state index in [4.69, 9.17) is 19.9 Å². The van der Waals surface area contributed by atoms with Gasteiger partial charge in [-0.3, -0.25) is 28.8 Å². The number of imidazole rings is 1. The minimum Gasteiger partial charge on any atom is -0.475 e. The van der Waals surface area contributed by atoms with Crippen molar-refractivity contribution >= 4 is 68.9 Å². The van der Waals surface area contributed by atoms with Crippen molar-refractivity contribution in [3.8, 4) is 0 Å². The Balaban J connectivity index is 0.000000678. The number of carbonyl (C=O) groups excluding carboxylic acids is 3. The maximum atomic E-state index is 13.4. The summed E-state index contributed by atoms with van der Waals surface area (Å²) in [7, 11) is 5.31. The molecule has 1 aliphatic carbocycles. The zero-order valence-corrected chi connectivity index (χ0v) is 33.9. The second kappa shape index (κ2) is 15.9.